The smallest absolute Gasteiger partial charge is 0.276 e. The first kappa shape index (κ1) is 17.9. The number of aryl methyl sites for hydroxylation is 1. The van der Waals surface area contributed by atoms with Crippen LogP contribution in [0, 0.1) is 19.8 Å². The number of rotatable bonds is 5. The van der Waals surface area contributed by atoms with E-state index >= 15 is 0 Å². The summed E-state index contributed by atoms with van der Waals surface area (Å²) < 4.78 is 33.1. The molecule has 3 aromatic heterocycles. The lowest BCUT2D eigenvalue weighted by Gasteiger charge is -2.14. The van der Waals surface area contributed by atoms with Gasteiger partial charge in [-0.15, -0.1) is 0 Å². The van der Waals surface area contributed by atoms with Crippen LogP contribution >= 0.6 is 0 Å². The van der Waals surface area contributed by atoms with Gasteiger partial charge >= 0.3 is 0 Å². The van der Waals surface area contributed by atoms with Gasteiger partial charge in [-0.3, -0.25) is 10.1 Å². The zero-order chi connectivity index (χ0) is 19.0. The van der Waals surface area contributed by atoms with Crippen molar-refractivity contribution in [2.45, 2.75) is 31.8 Å². The van der Waals surface area contributed by atoms with Gasteiger partial charge in [0, 0.05) is 36.2 Å². The largest absolute Gasteiger partial charge is 0.442 e. The molecule has 7 nitrogen and oxygen atoms in total. The second-order valence-electron chi connectivity index (χ2n) is 6.98. The highest BCUT2D eigenvalue weighted by molar-refractivity contribution is 7.89. The molecule has 1 saturated heterocycles. The molecule has 4 heterocycles. The Morgan fingerprint density at radius 2 is 2.11 bits per heavy atom. The van der Waals surface area contributed by atoms with E-state index in [-0.39, 0.29) is 11.0 Å². The fourth-order valence-corrected chi connectivity index (χ4v) is 4.88. The minimum atomic E-state index is -3.65. The molecule has 3 aromatic rings. The molecule has 0 radical (unpaired) electrons. The molecule has 1 unspecified atom stereocenters. The maximum Gasteiger partial charge on any atom is 0.276 e. The Hall–Kier alpha value is -2.45. The number of hydrogen-bond donors (Lipinski definition) is 1. The van der Waals surface area contributed by atoms with Crippen LogP contribution in [0.4, 0.5) is 0 Å². The normalized spacial score (nSPS) is 18.2. The molecule has 0 amide bonds. The van der Waals surface area contributed by atoms with Gasteiger partial charge in [-0.25, -0.2) is 8.42 Å². The van der Waals surface area contributed by atoms with Gasteiger partial charge in [0.15, 0.2) is 5.76 Å². The van der Waals surface area contributed by atoms with Crippen LogP contribution in [0.3, 0.4) is 0 Å². The molecule has 1 atom stereocenters. The lowest BCUT2D eigenvalue weighted by molar-refractivity contribution is 0.408. The van der Waals surface area contributed by atoms with Crippen LogP contribution in [0.25, 0.3) is 11.5 Å². The van der Waals surface area contributed by atoms with Gasteiger partial charge in [0.05, 0.1) is 0 Å². The van der Waals surface area contributed by atoms with Crippen molar-refractivity contribution in [3.8, 4) is 11.5 Å². The molecule has 0 aliphatic carbocycles. The predicted octanol–water partition coefficient (Wildman–Crippen LogP) is 2.93. The number of hydrogen-bond acceptors (Lipinski definition) is 5. The van der Waals surface area contributed by atoms with Crippen molar-refractivity contribution in [3.05, 3.63) is 53.5 Å². The standard InChI is InChI=1S/C19H22N4O3S/c1-13-14(2)21-22-19(13)17-6-7-18(26-17)27(24,25)23-10-8-15(12-23)11-16-5-3-4-9-20-16/h3-7,9,15H,8,10-12H2,1-2H3,(H,21,22). The molecule has 8 heteroatoms. The maximum absolute atomic E-state index is 13.0. The van der Waals surface area contributed by atoms with Crippen LogP contribution in [-0.2, 0) is 16.4 Å². The number of sulfonamides is 1. The van der Waals surface area contributed by atoms with Crippen LogP contribution in [0.2, 0.25) is 0 Å². The molecule has 0 aromatic carbocycles. The average molecular weight is 386 g/mol. The average Bonchev–Trinajstić information content (AvgIpc) is 3.38. The van der Waals surface area contributed by atoms with E-state index < -0.39 is 10.0 Å². The topological polar surface area (TPSA) is 92.1 Å². The molecular weight excluding hydrogens is 364 g/mol. The number of aromatic amines is 1. The van der Waals surface area contributed by atoms with Crippen LogP contribution in [0.5, 0.6) is 0 Å². The summed E-state index contributed by atoms with van der Waals surface area (Å²) in [7, 11) is -3.65. The number of nitrogens with one attached hydrogen (secondary N) is 1. The third-order valence-corrected chi connectivity index (χ3v) is 6.87. The highest BCUT2D eigenvalue weighted by Gasteiger charge is 2.35. The fourth-order valence-electron chi connectivity index (χ4n) is 3.43. The number of pyridine rings is 1. The highest BCUT2D eigenvalue weighted by Crippen LogP contribution is 2.31. The van der Waals surface area contributed by atoms with Crippen molar-refractivity contribution in [1.82, 2.24) is 19.5 Å². The van der Waals surface area contributed by atoms with E-state index in [1.807, 2.05) is 32.0 Å². The van der Waals surface area contributed by atoms with E-state index in [2.05, 4.69) is 15.2 Å². The third-order valence-electron chi connectivity index (χ3n) is 5.13. The molecule has 1 fully saturated rings. The van der Waals surface area contributed by atoms with Gasteiger partial charge in [-0.2, -0.15) is 9.40 Å². The minimum absolute atomic E-state index is 0.0314. The van der Waals surface area contributed by atoms with Crippen LogP contribution in [0.15, 0.2) is 46.0 Å². The summed E-state index contributed by atoms with van der Waals surface area (Å²) in [6.45, 7) is 4.82. The van der Waals surface area contributed by atoms with E-state index in [4.69, 9.17) is 4.42 Å². The minimum Gasteiger partial charge on any atom is -0.442 e. The zero-order valence-corrected chi connectivity index (χ0v) is 16.2. The van der Waals surface area contributed by atoms with Gasteiger partial charge in [-0.1, -0.05) is 6.07 Å². The molecule has 0 bridgehead atoms. The number of nitrogens with zero attached hydrogens (tertiary/aromatic N) is 3. The van der Waals surface area contributed by atoms with Gasteiger partial charge in [0.25, 0.3) is 10.0 Å². The van der Waals surface area contributed by atoms with E-state index in [0.717, 1.165) is 29.8 Å². The quantitative estimate of drug-likeness (QED) is 0.728. The van der Waals surface area contributed by atoms with Gasteiger partial charge < -0.3 is 4.42 Å². The van der Waals surface area contributed by atoms with Crippen molar-refractivity contribution < 1.29 is 12.8 Å². The first-order valence-corrected chi connectivity index (χ1v) is 10.4. The summed E-state index contributed by atoms with van der Waals surface area (Å²) in [5.41, 5.74) is 3.52. The first-order valence-electron chi connectivity index (χ1n) is 8.97. The summed E-state index contributed by atoms with van der Waals surface area (Å²) in [5, 5.41) is 7.06. The van der Waals surface area contributed by atoms with Crippen LogP contribution in [0.1, 0.15) is 23.4 Å². The van der Waals surface area contributed by atoms with Crippen molar-refractivity contribution >= 4 is 10.0 Å². The van der Waals surface area contributed by atoms with Crippen LogP contribution in [-0.4, -0.2) is 41.0 Å². The van der Waals surface area contributed by atoms with Gasteiger partial charge in [-0.05, 0) is 56.9 Å². The number of aromatic nitrogens is 3. The fraction of sp³-hybridized carbons (Fsp3) is 0.368. The summed E-state index contributed by atoms with van der Waals surface area (Å²) in [6, 6.07) is 8.99. The van der Waals surface area contributed by atoms with E-state index in [1.54, 1.807) is 12.3 Å². The van der Waals surface area contributed by atoms with Crippen molar-refractivity contribution in [1.29, 1.82) is 0 Å². The molecule has 27 heavy (non-hydrogen) atoms. The Balaban J connectivity index is 1.50. The second kappa shape index (κ2) is 6.94. The Morgan fingerprint density at radius 3 is 2.81 bits per heavy atom. The van der Waals surface area contributed by atoms with Crippen molar-refractivity contribution in [2.24, 2.45) is 5.92 Å². The lowest BCUT2D eigenvalue weighted by atomic mass is 10.0. The van der Waals surface area contributed by atoms with E-state index in [1.165, 1.54) is 10.4 Å². The molecule has 1 aliphatic heterocycles. The summed E-state index contributed by atoms with van der Waals surface area (Å²) in [4.78, 5) is 4.34. The Morgan fingerprint density at radius 1 is 1.26 bits per heavy atom. The summed E-state index contributed by atoms with van der Waals surface area (Å²) in [5.74, 6) is 0.722. The highest BCUT2D eigenvalue weighted by atomic mass is 32.2. The molecule has 1 N–H and O–H groups in total. The maximum atomic E-state index is 13.0. The Kier molecular flexibility index (Phi) is 4.61. The molecule has 142 valence electrons. The molecule has 1 aliphatic rings. The monoisotopic (exact) mass is 386 g/mol. The van der Waals surface area contributed by atoms with E-state index in [0.29, 0.717) is 24.5 Å². The Bertz CT molecular complexity index is 1040. The van der Waals surface area contributed by atoms with Gasteiger partial charge in [0.1, 0.15) is 5.69 Å². The molecule has 0 spiro atoms. The number of H-pyrrole nitrogens is 1. The molecule has 4 rings (SSSR count). The van der Waals surface area contributed by atoms with Crippen molar-refractivity contribution in [2.75, 3.05) is 13.1 Å². The third kappa shape index (κ3) is 3.42. The summed E-state index contributed by atoms with van der Waals surface area (Å²) in [6.07, 6.45) is 3.37. The molecular formula is C19H22N4O3S. The summed E-state index contributed by atoms with van der Waals surface area (Å²) >= 11 is 0. The van der Waals surface area contributed by atoms with E-state index in [9.17, 15) is 8.42 Å². The SMILES string of the molecule is Cc1[nH]nc(-c2ccc(S(=O)(=O)N3CCC(Cc4ccccn4)C3)o2)c1C. The Labute approximate surface area is 158 Å². The number of furan rings is 1. The van der Waals surface area contributed by atoms with Crippen molar-refractivity contribution in [3.63, 3.8) is 0 Å². The van der Waals surface area contributed by atoms with Gasteiger partial charge in [0.2, 0.25) is 5.09 Å². The zero-order valence-electron chi connectivity index (χ0n) is 15.3. The lowest BCUT2D eigenvalue weighted by Crippen LogP contribution is -2.28. The first-order chi connectivity index (χ1) is 12.9. The predicted molar refractivity (Wildman–Crippen MR) is 101 cm³/mol. The second-order valence-corrected chi connectivity index (χ2v) is 8.85. The van der Waals surface area contributed by atoms with Crippen LogP contribution < -0.4 is 0 Å². The molecule has 0 saturated carbocycles.